The number of nitrogens with zero attached hydrogens (tertiary/aromatic N) is 4. The van der Waals surface area contributed by atoms with Gasteiger partial charge in [-0.3, -0.25) is 4.98 Å². The summed E-state index contributed by atoms with van der Waals surface area (Å²) in [5, 5.41) is 21.7. The van der Waals surface area contributed by atoms with Crippen molar-refractivity contribution in [3.8, 4) is 6.07 Å². The van der Waals surface area contributed by atoms with Crippen LogP contribution in [0.1, 0.15) is 139 Å². The maximum atomic E-state index is 11.3. The smallest absolute Gasteiger partial charge is 0.0995 e. The minimum atomic E-state index is -0.101. The maximum absolute atomic E-state index is 11.3. The molecule has 0 fully saturated rings. The molecule has 0 aliphatic heterocycles. The molecule has 5 aromatic heterocycles. The summed E-state index contributed by atoms with van der Waals surface area (Å²) in [6, 6.07) is 51.3. The van der Waals surface area contributed by atoms with Crippen LogP contribution in [0.5, 0.6) is 0 Å². The van der Waals surface area contributed by atoms with Gasteiger partial charge < -0.3 is 8.80 Å². The molecule has 0 N–H and O–H groups in total. The zero-order valence-corrected chi connectivity index (χ0v) is 39.3. The Hall–Kier alpha value is -8.00. The van der Waals surface area contributed by atoms with Gasteiger partial charge in [-0.1, -0.05) is 118 Å². The van der Waals surface area contributed by atoms with Crippen LogP contribution < -0.4 is 0 Å². The van der Waals surface area contributed by atoms with E-state index in [0.717, 1.165) is 11.1 Å². The van der Waals surface area contributed by atoms with Gasteiger partial charge in [0.05, 0.1) is 62.5 Å². The number of benzene rings is 8. The Balaban J connectivity index is 1.04. The standard InChI is InChI=1S/C65H44N4/c1-30-31(2)51-45-27-47-43(26-48(45)69-50-29-67-62-57-41-21-13-11-19-39(41)56(40-20-12-14-22-42(40)57)61(62)59(50)52(32(30)3)64(51)69)44-24-34(65(4,5)6)25-46-58-49(68(47)63(44)46)23-33(28-66)53-54-35-15-7-9-17-37(35)55(60(53)58)38-18-10-8-16-36(38)54/h7-27,29,54-57H,1-6H3. The van der Waals surface area contributed by atoms with Gasteiger partial charge in [0, 0.05) is 60.8 Å². The number of nitriles is 1. The summed E-state index contributed by atoms with van der Waals surface area (Å²) in [7, 11) is 0. The molecule has 0 saturated heterocycles. The summed E-state index contributed by atoms with van der Waals surface area (Å²) in [6.45, 7) is 14.1. The Kier molecular flexibility index (Phi) is 6.34. The number of hydrogen-bond donors (Lipinski definition) is 0. The molecule has 324 valence electrons. The Morgan fingerprint density at radius 3 is 1.52 bits per heavy atom. The van der Waals surface area contributed by atoms with E-state index in [4.69, 9.17) is 4.98 Å². The lowest BCUT2D eigenvalue weighted by Gasteiger charge is -2.43. The number of fused-ring (bicyclic) bond motifs is 12. The van der Waals surface area contributed by atoms with Crippen LogP contribution in [0.25, 0.3) is 76.2 Å². The van der Waals surface area contributed by atoms with Crippen molar-refractivity contribution in [1.82, 2.24) is 13.8 Å². The Morgan fingerprint density at radius 1 is 0.449 bits per heavy atom. The molecule has 0 amide bonds. The normalized spacial score (nSPS) is 18.6. The van der Waals surface area contributed by atoms with E-state index < -0.39 is 0 Å². The van der Waals surface area contributed by atoms with E-state index in [-0.39, 0.29) is 29.1 Å². The van der Waals surface area contributed by atoms with Crippen LogP contribution in [-0.2, 0) is 5.41 Å². The number of aromatic nitrogens is 3. The van der Waals surface area contributed by atoms with Crippen molar-refractivity contribution >= 4 is 76.2 Å². The first-order valence-electron chi connectivity index (χ1n) is 24.7. The van der Waals surface area contributed by atoms with Gasteiger partial charge in [0.25, 0.3) is 0 Å². The Labute approximate surface area is 398 Å². The summed E-state index contributed by atoms with van der Waals surface area (Å²) >= 11 is 0. The lowest BCUT2D eigenvalue weighted by Crippen LogP contribution is -2.28. The highest BCUT2D eigenvalue weighted by molar-refractivity contribution is 6.31. The minimum Gasteiger partial charge on any atom is -0.308 e. The summed E-state index contributed by atoms with van der Waals surface area (Å²) in [6.07, 6.45) is 2.21. The number of pyridine rings is 1. The molecule has 0 unspecified atom stereocenters. The summed E-state index contributed by atoms with van der Waals surface area (Å²) in [4.78, 5) is 5.55. The van der Waals surface area contributed by atoms with Crippen LogP contribution in [0.15, 0.2) is 134 Å². The molecule has 6 aliphatic carbocycles. The van der Waals surface area contributed by atoms with Gasteiger partial charge >= 0.3 is 0 Å². The quantitative estimate of drug-likeness (QED) is 0.152. The first-order valence-corrected chi connectivity index (χ1v) is 24.7. The largest absolute Gasteiger partial charge is 0.308 e. The van der Waals surface area contributed by atoms with Crippen molar-refractivity contribution < 1.29 is 0 Å². The highest BCUT2D eigenvalue weighted by atomic mass is 15.0. The van der Waals surface area contributed by atoms with Crippen LogP contribution in [0, 0.1) is 32.1 Å². The third-order valence-corrected chi connectivity index (χ3v) is 18.2. The molecule has 0 saturated carbocycles. The fourth-order valence-corrected chi connectivity index (χ4v) is 15.2. The molecule has 4 heteroatoms. The second kappa shape index (κ2) is 11.8. The monoisotopic (exact) mass is 880 g/mol. The average Bonchev–Trinajstić information content (AvgIpc) is 4.10. The molecule has 5 heterocycles. The van der Waals surface area contributed by atoms with Gasteiger partial charge in [-0.15, -0.1) is 0 Å². The van der Waals surface area contributed by atoms with Gasteiger partial charge in [0.2, 0.25) is 0 Å². The first kappa shape index (κ1) is 37.0. The zero-order valence-electron chi connectivity index (χ0n) is 39.3. The van der Waals surface area contributed by atoms with E-state index in [9.17, 15) is 5.26 Å². The average molecular weight is 881 g/mol. The highest BCUT2D eigenvalue weighted by Crippen LogP contribution is 2.61. The minimum absolute atomic E-state index is 0.0122. The molecule has 4 nitrogen and oxygen atoms in total. The van der Waals surface area contributed by atoms with Gasteiger partial charge in [-0.05, 0) is 140 Å². The molecule has 8 aromatic carbocycles. The number of rotatable bonds is 0. The zero-order chi connectivity index (χ0) is 45.8. The van der Waals surface area contributed by atoms with Crippen molar-refractivity contribution in [1.29, 1.82) is 5.26 Å². The molecule has 4 bridgehead atoms. The molecule has 13 aromatic rings. The van der Waals surface area contributed by atoms with Crippen LogP contribution in [0.4, 0.5) is 0 Å². The van der Waals surface area contributed by atoms with E-state index in [1.165, 1.54) is 160 Å². The van der Waals surface area contributed by atoms with Gasteiger partial charge in [-0.2, -0.15) is 5.26 Å². The van der Waals surface area contributed by atoms with Crippen LogP contribution in [0.3, 0.4) is 0 Å². The molecule has 19 rings (SSSR count). The van der Waals surface area contributed by atoms with Crippen molar-refractivity contribution in [2.45, 2.75) is 70.6 Å². The molecule has 0 spiro atoms. The third kappa shape index (κ3) is 3.99. The fourth-order valence-electron chi connectivity index (χ4n) is 15.2. The molecule has 0 radical (unpaired) electrons. The summed E-state index contributed by atoms with van der Waals surface area (Å²) < 4.78 is 5.14. The maximum Gasteiger partial charge on any atom is 0.0995 e. The Morgan fingerprint density at radius 2 is 0.942 bits per heavy atom. The Bertz CT molecular complexity index is 4560. The predicted octanol–water partition coefficient (Wildman–Crippen LogP) is 15.5. The second-order valence-electron chi connectivity index (χ2n) is 22.0. The van der Waals surface area contributed by atoms with E-state index in [1.807, 2.05) is 0 Å². The van der Waals surface area contributed by atoms with Crippen molar-refractivity contribution in [2.24, 2.45) is 0 Å². The second-order valence-corrected chi connectivity index (χ2v) is 22.0. The first-order chi connectivity index (χ1) is 33.6. The van der Waals surface area contributed by atoms with Gasteiger partial charge in [-0.25, -0.2) is 0 Å². The van der Waals surface area contributed by atoms with Crippen molar-refractivity contribution in [2.75, 3.05) is 0 Å². The molecule has 6 aliphatic rings. The molecule has 69 heavy (non-hydrogen) atoms. The van der Waals surface area contributed by atoms with Gasteiger partial charge in [0.15, 0.2) is 0 Å². The van der Waals surface area contributed by atoms with E-state index in [2.05, 4.69) is 190 Å². The van der Waals surface area contributed by atoms with E-state index in [0.29, 0.717) is 0 Å². The molecule has 0 atom stereocenters. The van der Waals surface area contributed by atoms with Crippen LogP contribution in [-0.4, -0.2) is 13.8 Å². The predicted molar refractivity (Wildman–Crippen MR) is 281 cm³/mol. The summed E-state index contributed by atoms with van der Waals surface area (Å²) in [5.74, 6) is 0.275. The highest BCUT2D eigenvalue weighted by Gasteiger charge is 2.46. The van der Waals surface area contributed by atoms with Crippen molar-refractivity contribution in [3.63, 3.8) is 0 Å². The van der Waals surface area contributed by atoms with Crippen molar-refractivity contribution in [3.05, 3.63) is 228 Å². The number of aryl methyl sites for hydroxylation is 2. The molecular weight excluding hydrogens is 837 g/mol. The third-order valence-electron chi connectivity index (χ3n) is 18.2. The van der Waals surface area contributed by atoms with Crippen LogP contribution >= 0.6 is 0 Å². The lowest BCUT2D eigenvalue weighted by atomic mass is 9.59. The lowest BCUT2D eigenvalue weighted by molar-refractivity contribution is 0.592. The topological polar surface area (TPSA) is 45.5 Å². The SMILES string of the molecule is Cc1c(C)c2c3cc4c(cc3n3c5cnc6c(c5c(c1C)c23)C1c2ccccc2C6c2ccccc21)c1cc(C(C)(C)C)cc2c3c5c(c(C#N)cc3n4c12)C1c2ccccc2C5c2ccccc21. The molecular formula is C65H44N4. The van der Waals surface area contributed by atoms with Gasteiger partial charge in [0.1, 0.15) is 0 Å². The van der Waals surface area contributed by atoms with E-state index >= 15 is 0 Å². The van der Waals surface area contributed by atoms with Crippen LogP contribution in [0.2, 0.25) is 0 Å². The summed E-state index contributed by atoms with van der Waals surface area (Å²) in [5.41, 5.74) is 29.5. The fraction of sp³-hybridized carbons (Fsp3) is 0.169. The van der Waals surface area contributed by atoms with E-state index in [1.54, 1.807) is 0 Å². The number of hydrogen-bond acceptors (Lipinski definition) is 2.